The molecule has 0 fully saturated rings. The van der Waals surface area contributed by atoms with Gasteiger partial charge in [0, 0.05) is 5.56 Å². The molecule has 0 aliphatic heterocycles. The summed E-state index contributed by atoms with van der Waals surface area (Å²) < 4.78 is 32.0. The maximum absolute atomic E-state index is 11.4. The summed E-state index contributed by atoms with van der Waals surface area (Å²) in [5.74, 6) is 0. The van der Waals surface area contributed by atoms with E-state index in [2.05, 4.69) is 6.58 Å². The minimum Gasteiger partial charge on any atom is -0.282 e. The Morgan fingerprint density at radius 1 is 0.944 bits per heavy atom. The highest BCUT2D eigenvalue weighted by Crippen LogP contribution is 2.30. The van der Waals surface area contributed by atoms with Crippen molar-refractivity contribution in [3.63, 3.8) is 0 Å². The van der Waals surface area contributed by atoms with Gasteiger partial charge >= 0.3 is 0 Å². The summed E-state index contributed by atoms with van der Waals surface area (Å²) in [6.07, 6.45) is 1.65. The summed E-state index contributed by atoms with van der Waals surface area (Å²) in [4.78, 5) is -0.0979. The van der Waals surface area contributed by atoms with Gasteiger partial charge in [0.2, 0.25) is 0 Å². The molecule has 0 aliphatic rings. The van der Waals surface area contributed by atoms with E-state index >= 15 is 0 Å². The minimum atomic E-state index is -4.24. The second kappa shape index (κ2) is 4.76. The Labute approximate surface area is 106 Å². The number of benzene rings is 2. The first-order valence-corrected chi connectivity index (χ1v) is 6.76. The fourth-order valence-electron chi connectivity index (χ4n) is 1.83. The zero-order valence-corrected chi connectivity index (χ0v) is 10.4. The van der Waals surface area contributed by atoms with Crippen LogP contribution in [0.4, 0.5) is 0 Å². The van der Waals surface area contributed by atoms with Crippen LogP contribution < -0.4 is 0 Å². The molecule has 0 amide bonds. The van der Waals surface area contributed by atoms with E-state index in [1.807, 2.05) is 18.2 Å². The molecule has 2 aromatic carbocycles. The maximum atomic E-state index is 11.4. The fourth-order valence-corrected chi connectivity index (χ4v) is 2.54. The molecule has 0 spiro atoms. The first-order valence-electron chi connectivity index (χ1n) is 5.32. The number of hydrogen-bond acceptors (Lipinski definition) is 2. The molecular weight excluding hydrogens is 248 g/mol. The lowest BCUT2D eigenvalue weighted by molar-refractivity contribution is 0.483. The van der Waals surface area contributed by atoms with Gasteiger partial charge in [-0.3, -0.25) is 4.55 Å². The van der Waals surface area contributed by atoms with Crippen molar-refractivity contribution in [1.82, 2.24) is 0 Å². The Bertz CT molecular complexity index is 688. The molecule has 2 rings (SSSR count). The van der Waals surface area contributed by atoms with Gasteiger partial charge in [0.25, 0.3) is 10.1 Å². The highest BCUT2D eigenvalue weighted by Gasteiger charge is 2.16. The molecule has 3 nitrogen and oxygen atoms in total. The van der Waals surface area contributed by atoms with Gasteiger partial charge in [-0.25, -0.2) is 0 Å². The normalized spacial score (nSPS) is 11.2. The van der Waals surface area contributed by atoms with Crippen LogP contribution in [-0.4, -0.2) is 13.0 Å². The van der Waals surface area contributed by atoms with Gasteiger partial charge in [-0.05, 0) is 17.2 Å². The largest absolute Gasteiger partial charge is 0.295 e. The molecule has 4 heteroatoms. The first kappa shape index (κ1) is 12.5. The highest BCUT2D eigenvalue weighted by molar-refractivity contribution is 7.86. The van der Waals surface area contributed by atoms with Gasteiger partial charge in [0.15, 0.2) is 0 Å². The minimum absolute atomic E-state index is 0.0979. The number of hydrogen-bond donors (Lipinski definition) is 1. The van der Waals surface area contributed by atoms with Gasteiger partial charge in [-0.2, -0.15) is 8.42 Å². The van der Waals surface area contributed by atoms with Crippen LogP contribution in [-0.2, 0) is 10.1 Å². The van der Waals surface area contributed by atoms with Gasteiger partial charge in [0.05, 0.1) is 0 Å². The molecule has 0 atom stereocenters. The van der Waals surface area contributed by atoms with Crippen molar-refractivity contribution in [3.05, 3.63) is 60.7 Å². The third-order valence-electron chi connectivity index (χ3n) is 2.64. The maximum Gasteiger partial charge on any atom is 0.295 e. The zero-order chi connectivity index (χ0) is 13.2. The fraction of sp³-hybridized carbons (Fsp3) is 0. The van der Waals surface area contributed by atoms with Crippen molar-refractivity contribution in [2.75, 3.05) is 0 Å². The highest BCUT2D eigenvalue weighted by atomic mass is 32.2. The third-order valence-corrected chi connectivity index (χ3v) is 3.55. The van der Waals surface area contributed by atoms with Crippen molar-refractivity contribution in [1.29, 1.82) is 0 Å². The molecule has 0 bridgehead atoms. The molecule has 2 aromatic rings. The summed E-state index contributed by atoms with van der Waals surface area (Å²) in [6.45, 7) is 3.70. The van der Waals surface area contributed by atoms with E-state index in [0.29, 0.717) is 5.56 Å². The molecule has 0 heterocycles. The van der Waals surface area contributed by atoms with Crippen molar-refractivity contribution in [2.45, 2.75) is 4.90 Å². The molecule has 1 N–H and O–H groups in total. The van der Waals surface area contributed by atoms with Gasteiger partial charge in [-0.1, -0.05) is 55.1 Å². The lowest BCUT2D eigenvalue weighted by atomic mass is 10.00. The van der Waals surface area contributed by atoms with E-state index in [9.17, 15) is 13.0 Å². The topological polar surface area (TPSA) is 54.4 Å². The van der Waals surface area contributed by atoms with Crippen molar-refractivity contribution in [3.8, 4) is 11.1 Å². The second-order valence-corrected chi connectivity index (χ2v) is 5.15. The van der Waals surface area contributed by atoms with Crippen LogP contribution in [0.15, 0.2) is 60.0 Å². The predicted molar refractivity (Wildman–Crippen MR) is 71.8 cm³/mol. The lowest BCUT2D eigenvalue weighted by Crippen LogP contribution is -2.01. The van der Waals surface area contributed by atoms with E-state index in [-0.39, 0.29) is 4.90 Å². The smallest absolute Gasteiger partial charge is 0.282 e. The third kappa shape index (κ3) is 2.34. The molecule has 0 unspecified atom stereocenters. The quantitative estimate of drug-likeness (QED) is 0.862. The monoisotopic (exact) mass is 260 g/mol. The van der Waals surface area contributed by atoms with Crippen LogP contribution in [0, 0.1) is 0 Å². The van der Waals surface area contributed by atoms with E-state index in [1.54, 1.807) is 30.3 Å². The van der Waals surface area contributed by atoms with Crippen LogP contribution in [0.1, 0.15) is 5.56 Å². The summed E-state index contributed by atoms with van der Waals surface area (Å²) in [5, 5.41) is 0. The summed E-state index contributed by atoms with van der Waals surface area (Å²) in [5.41, 5.74) is 2.00. The Balaban J connectivity index is 2.76. The average molecular weight is 260 g/mol. The summed E-state index contributed by atoms with van der Waals surface area (Å²) in [7, 11) is -4.24. The van der Waals surface area contributed by atoms with E-state index in [4.69, 9.17) is 0 Å². The van der Waals surface area contributed by atoms with Crippen LogP contribution in [0.3, 0.4) is 0 Å². The predicted octanol–water partition coefficient (Wildman–Crippen LogP) is 3.24. The molecule has 92 valence electrons. The SMILES string of the molecule is C=Cc1ccccc1-c1ccccc1S(=O)(=O)O. The molecular formula is C14H12O3S. The van der Waals surface area contributed by atoms with Crippen molar-refractivity contribution >= 4 is 16.2 Å². The Morgan fingerprint density at radius 3 is 2.11 bits per heavy atom. The lowest BCUT2D eigenvalue weighted by Gasteiger charge is -2.09. The van der Waals surface area contributed by atoms with Crippen molar-refractivity contribution < 1.29 is 13.0 Å². The van der Waals surface area contributed by atoms with Crippen LogP contribution in [0.5, 0.6) is 0 Å². The standard InChI is InChI=1S/C14H12O3S/c1-2-11-7-3-4-8-12(11)13-9-5-6-10-14(13)18(15,16)17/h2-10H,1H2,(H,15,16,17). The Hall–Kier alpha value is -1.91. The summed E-state index contributed by atoms with van der Waals surface area (Å²) in [6, 6.07) is 13.6. The van der Waals surface area contributed by atoms with Gasteiger partial charge in [-0.15, -0.1) is 0 Å². The van der Waals surface area contributed by atoms with E-state index < -0.39 is 10.1 Å². The van der Waals surface area contributed by atoms with Gasteiger partial charge in [0.1, 0.15) is 4.90 Å². The number of rotatable bonds is 3. The first-order chi connectivity index (χ1) is 8.54. The molecule has 0 saturated heterocycles. The van der Waals surface area contributed by atoms with E-state index in [1.165, 1.54) is 6.07 Å². The Kier molecular flexibility index (Phi) is 3.32. The molecule has 0 aliphatic carbocycles. The Morgan fingerprint density at radius 2 is 1.50 bits per heavy atom. The average Bonchev–Trinajstić information content (AvgIpc) is 2.37. The van der Waals surface area contributed by atoms with Crippen molar-refractivity contribution in [2.24, 2.45) is 0 Å². The molecule has 18 heavy (non-hydrogen) atoms. The van der Waals surface area contributed by atoms with Crippen LogP contribution in [0.25, 0.3) is 17.2 Å². The molecule has 0 radical (unpaired) electrons. The van der Waals surface area contributed by atoms with Crippen LogP contribution in [0.2, 0.25) is 0 Å². The summed E-state index contributed by atoms with van der Waals surface area (Å²) >= 11 is 0. The zero-order valence-electron chi connectivity index (χ0n) is 9.58. The van der Waals surface area contributed by atoms with E-state index in [0.717, 1.165) is 11.1 Å². The second-order valence-electron chi connectivity index (χ2n) is 3.76. The molecule has 0 saturated carbocycles. The van der Waals surface area contributed by atoms with Crippen LogP contribution >= 0.6 is 0 Å². The molecule has 0 aromatic heterocycles. The van der Waals surface area contributed by atoms with Gasteiger partial charge < -0.3 is 0 Å².